The Morgan fingerprint density at radius 1 is 1.21 bits per heavy atom. The van der Waals surface area contributed by atoms with E-state index < -0.39 is 5.97 Å². The summed E-state index contributed by atoms with van der Waals surface area (Å²) in [5.74, 6) is -1.14. The van der Waals surface area contributed by atoms with E-state index in [1.165, 1.54) is 12.1 Å². The van der Waals surface area contributed by atoms with Crippen molar-refractivity contribution in [1.29, 1.82) is 0 Å². The largest absolute Gasteiger partial charge is 0.478 e. The van der Waals surface area contributed by atoms with Gasteiger partial charge in [0.1, 0.15) is 0 Å². The number of carbonyl (C=O) groups is 2. The Bertz CT molecular complexity index is 716. The van der Waals surface area contributed by atoms with E-state index in [2.05, 4.69) is 24.3 Å². The Kier molecular flexibility index (Phi) is 5.73. The predicted octanol–water partition coefficient (Wildman–Crippen LogP) is 3.18. The molecule has 6 heteroatoms. The summed E-state index contributed by atoms with van der Waals surface area (Å²) in [5.41, 5.74) is 2.51. The van der Waals surface area contributed by atoms with E-state index in [9.17, 15) is 9.59 Å². The summed E-state index contributed by atoms with van der Waals surface area (Å²) in [4.78, 5) is 23.2. The summed E-state index contributed by atoms with van der Waals surface area (Å²) in [6.45, 7) is 6.46. The molecule has 0 saturated carbocycles. The SMILES string of the molecule is CCC(CC)n1ncc(C(=O)NCc2ccc(C(=O)O)cc2)c1C. The predicted molar refractivity (Wildman–Crippen MR) is 91.2 cm³/mol. The molecule has 0 aliphatic heterocycles. The first-order valence-corrected chi connectivity index (χ1v) is 8.12. The fourth-order valence-electron chi connectivity index (χ4n) is 2.69. The minimum Gasteiger partial charge on any atom is -0.478 e. The lowest BCUT2D eigenvalue weighted by atomic mass is 10.1. The van der Waals surface area contributed by atoms with Gasteiger partial charge in [-0.2, -0.15) is 5.10 Å². The van der Waals surface area contributed by atoms with Crippen molar-refractivity contribution in [2.45, 2.75) is 46.2 Å². The molecule has 2 N–H and O–H groups in total. The van der Waals surface area contributed by atoms with Crippen molar-refractivity contribution in [3.8, 4) is 0 Å². The number of nitrogens with one attached hydrogen (secondary N) is 1. The van der Waals surface area contributed by atoms with Crippen LogP contribution in [0.3, 0.4) is 0 Å². The van der Waals surface area contributed by atoms with Gasteiger partial charge in [0, 0.05) is 12.2 Å². The number of nitrogens with zero attached hydrogens (tertiary/aromatic N) is 2. The summed E-state index contributed by atoms with van der Waals surface area (Å²) in [6.07, 6.45) is 3.54. The molecule has 0 atom stereocenters. The maximum atomic E-state index is 12.4. The van der Waals surface area contributed by atoms with E-state index in [-0.39, 0.29) is 11.5 Å². The highest BCUT2D eigenvalue weighted by molar-refractivity contribution is 5.95. The Hall–Kier alpha value is -2.63. The van der Waals surface area contributed by atoms with Gasteiger partial charge in [-0.1, -0.05) is 26.0 Å². The maximum absolute atomic E-state index is 12.4. The van der Waals surface area contributed by atoms with Crippen molar-refractivity contribution in [1.82, 2.24) is 15.1 Å². The average Bonchev–Trinajstić information content (AvgIpc) is 2.96. The third-order valence-corrected chi connectivity index (χ3v) is 4.23. The Labute approximate surface area is 141 Å². The number of aromatic nitrogens is 2. The first-order valence-electron chi connectivity index (χ1n) is 8.12. The molecule has 1 aromatic heterocycles. The minimum absolute atomic E-state index is 0.174. The highest BCUT2D eigenvalue weighted by Crippen LogP contribution is 2.19. The number of aromatic carboxylic acids is 1. The normalized spacial score (nSPS) is 10.8. The average molecular weight is 329 g/mol. The molecule has 0 saturated heterocycles. The van der Waals surface area contributed by atoms with Gasteiger partial charge >= 0.3 is 5.97 Å². The molecule has 0 aliphatic rings. The highest BCUT2D eigenvalue weighted by atomic mass is 16.4. The zero-order valence-electron chi connectivity index (χ0n) is 14.2. The van der Waals surface area contributed by atoms with Gasteiger partial charge in [-0.05, 0) is 37.5 Å². The quantitative estimate of drug-likeness (QED) is 0.817. The number of amides is 1. The number of carbonyl (C=O) groups excluding carboxylic acids is 1. The lowest BCUT2D eigenvalue weighted by molar-refractivity contribution is 0.0696. The number of rotatable bonds is 7. The molecule has 1 aromatic carbocycles. The molecule has 0 spiro atoms. The van der Waals surface area contributed by atoms with Crippen LogP contribution in [0.5, 0.6) is 0 Å². The van der Waals surface area contributed by atoms with Crippen LogP contribution in [0.15, 0.2) is 30.5 Å². The van der Waals surface area contributed by atoms with E-state index in [1.54, 1.807) is 18.3 Å². The van der Waals surface area contributed by atoms with Gasteiger partial charge in [-0.15, -0.1) is 0 Å². The lowest BCUT2D eigenvalue weighted by Gasteiger charge is -2.15. The lowest BCUT2D eigenvalue weighted by Crippen LogP contribution is -2.23. The Morgan fingerprint density at radius 2 is 1.83 bits per heavy atom. The van der Waals surface area contributed by atoms with Crippen molar-refractivity contribution in [3.05, 3.63) is 52.8 Å². The van der Waals surface area contributed by atoms with Crippen LogP contribution in [0.25, 0.3) is 0 Å². The second-order valence-corrected chi connectivity index (χ2v) is 5.74. The minimum atomic E-state index is -0.963. The summed E-state index contributed by atoms with van der Waals surface area (Å²) in [7, 11) is 0. The molecule has 1 amide bonds. The van der Waals surface area contributed by atoms with Crippen LogP contribution in [0.4, 0.5) is 0 Å². The molecule has 128 valence electrons. The van der Waals surface area contributed by atoms with Gasteiger partial charge in [0.2, 0.25) is 0 Å². The number of hydrogen-bond donors (Lipinski definition) is 2. The molecule has 24 heavy (non-hydrogen) atoms. The number of benzene rings is 1. The Morgan fingerprint density at radius 3 is 2.38 bits per heavy atom. The molecule has 2 aromatic rings. The van der Waals surface area contributed by atoms with E-state index in [0.717, 1.165) is 24.1 Å². The van der Waals surface area contributed by atoms with Crippen molar-refractivity contribution < 1.29 is 14.7 Å². The standard InChI is InChI=1S/C18H23N3O3/c1-4-15(5-2)21-12(3)16(11-20-21)17(22)19-10-13-6-8-14(9-7-13)18(23)24/h6-9,11,15H,4-5,10H2,1-3H3,(H,19,22)(H,23,24). The second kappa shape index (κ2) is 7.77. The van der Waals surface area contributed by atoms with Crippen molar-refractivity contribution in [2.75, 3.05) is 0 Å². The second-order valence-electron chi connectivity index (χ2n) is 5.74. The Balaban J connectivity index is 2.04. The highest BCUT2D eigenvalue weighted by Gasteiger charge is 2.17. The topological polar surface area (TPSA) is 84.2 Å². The van der Waals surface area contributed by atoms with Crippen LogP contribution in [0.2, 0.25) is 0 Å². The monoisotopic (exact) mass is 329 g/mol. The zero-order valence-corrected chi connectivity index (χ0v) is 14.2. The van der Waals surface area contributed by atoms with Crippen molar-refractivity contribution in [2.24, 2.45) is 0 Å². The van der Waals surface area contributed by atoms with Gasteiger partial charge in [0.15, 0.2) is 0 Å². The third-order valence-electron chi connectivity index (χ3n) is 4.23. The molecule has 0 aliphatic carbocycles. The van der Waals surface area contributed by atoms with Gasteiger partial charge in [0.05, 0.1) is 23.4 Å². The zero-order chi connectivity index (χ0) is 17.7. The van der Waals surface area contributed by atoms with Gasteiger partial charge in [-0.3, -0.25) is 9.48 Å². The van der Waals surface area contributed by atoms with Gasteiger partial charge in [0.25, 0.3) is 5.91 Å². The van der Waals surface area contributed by atoms with Crippen LogP contribution in [0, 0.1) is 6.92 Å². The van der Waals surface area contributed by atoms with E-state index in [0.29, 0.717) is 18.2 Å². The smallest absolute Gasteiger partial charge is 0.335 e. The van der Waals surface area contributed by atoms with Crippen LogP contribution < -0.4 is 5.32 Å². The van der Waals surface area contributed by atoms with Crippen LogP contribution >= 0.6 is 0 Å². The maximum Gasteiger partial charge on any atom is 0.335 e. The van der Waals surface area contributed by atoms with Gasteiger partial charge < -0.3 is 10.4 Å². The molecule has 6 nitrogen and oxygen atoms in total. The summed E-state index contributed by atoms with van der Waals surface area (Å²) < 4.78 is 1.91. The molecule has 2 rings (SSSR count). The first-order chi connectivity index (χ1) is 11.5. The summed E-state index contributed by atoms with van der Waals surface area (Å²) >= 11 is 0. The molecular weight excluding hydrogens is 306 g/mol. The van der Waals surface area contributed by atoms with Crippen LogP contribution in [-0.2, 0) is 6.54 Å². The molecule has 0 unspecified atom stereocenters. The number of carboxylic acids is 1. The van der Waals surface area contributed by atoms with E-state index in [1.807, 2.05) is 11.6 Å². The molecule has 0 bridgehead atoms. The summed E-state index contributed by atoms with van der Waals surface area (Å²) in [6, 6.07) is 6.75. The molecule has 0 fully saturated rings. The molecule has 0 radical (unpaired) electrons. The summed E-state index contributed by atoms with van der Waals surface area (Å²) in [5, 5.41) is 16.1. The van der Waals surface area contributed by atoms with Gasteiger partial charge in [-0.25, -0.2) is 4.79 Å². The molecular formula is C18H23N3O3. The fraction of sp³-hybridized carbons (Fsp3) is 0.389. The molecule has 1 heterocycles. The van der Waals surface area contributed by atoms with Crippen molar-refractivity contribution >= 4 is 11.9 Å². The number of hydrogen-bond acceptors (Lipinski definition) is 3. The van der Waals surface area contributed by atoms with Crippen LogP contribution in [0.1, 0.15) is 64.7 Å². The van der Waals surface area contributed by atoms with E-state index >= 15 is 0 Å². The van der Waals surface area contributed by atoms with E-state index in [4.69, 9.17) is 5.11 Å². The number of carboxylic acid groups (broad SMARTS) is 1. The van der Waals surface area contributed by atoms with Crippen LogP contribution in [-0.4, -0.2) is 26.8 Å². The van der Waals surface area contributed by atoms with Crippen molar-refractivity contribution in [3.63, 3.8) is 0 Å². The fourth-order valence-corrected chi connectivity index (χ4v) is 2.69. The third kappa shape index (κ3) is 3.82. The first kappa shape index (κ1) is 17.7.